The number of rotatable bonds is 6. The highest BCUT2D eigenvalue weighted by molar-refractivity contribution is 7.98. The van der Waals surface area contributed by atoms with Gasteiger partial charge in [-0.15, -0.1) is 0 Å². The zero-order valence-corrected chi connectivity index (χ0v) is 17.1. The number of aromatic amines is 1. The summed E-state index contributed by atoms with van der Waals surface area (Å²) in [6.07, 6.45) is 5.60. The molecule has 8 heteroatoms. The zero-order valence-electron chi connectivity index (χ0n) is 16.3. The Kier molecular flexibility index (Phi) is 5.26. The molecule has 1 saturated heterocycles. The van der Waals surface area contributed by atoms with Crippen LogP contribution in [0.5, 0.6) is 0 Å². The van der Waals surface area contributed by atoms with E-state index in [1.165, 1.54) is 24.1 Å². The van der Waals surface area contributed by atoms with E-state index in [-0.39, 0.29) is 5.56 Å². The van der Waals surface area contributed by atoms with Gasteiger partial charge < -0.3 is 0 Å². The first-order chi connectivity index (χ1) is 13.8. The summed E-state index contributed by atoms with van der Waals surface area (Å²) < 4.78 is 1.68. The maximum absolute atomic E-state index is 12.3. The number of fused-ring (bicyclic) bond motifs is 1. The van der Waals surface area contributed by atoms with Crippen molar-refractivity contribution in [2.45, 2.75) is 44.0 Å². The van der Waals surface area contributed by atoms with Crippen LogP contribution in [0.1, 0.15) is 41.3 Å². The normalized spacial score (nSPS) is 21.0. The molecular weight excluding hydrogens is 372 g/mol. The number of piperazine rings is 1. The summed E-state index contributed by atoms with van der Waals surface area (Å²) in [6.45, 7) is 6.82. The first-order valence-electron chi connectivity index (χ1n) is 10.4. The molecule has 1 N–H and O–H groups in total. The summed E-state index contributed by atoms with van der Waals surface area (Å²) in [6, 6.07) is 1.80. The maximum Gasteiger partial charge on any atom is 0.267 e. The first-order valence-corrected chi connectivity index (χ1v) is 11.6. The van der Waals surface area contributed by atoms with Crippen LogP contribution in [0.2, 0.25) is 0 Å². The molecule has 2 aromatic rings. The summed E-state index contributed by atoms with van der Waals surface area (Å²) >= 11 is 1.89. The van der Waals surface area contributed by atoms with Crippen molar-refractivity contribution in [1.82, 2.24) is 29.8 Å². The Morgan fingerprint density at radius 2 is 1.96 bits per heavy atom. The van der Waals surface area contributed by atoms with Gasteiger partial charge in [-0.1, -0.05) is 0 Å². The molecule has 0 atom stereocenters. The Labute approximate surface area is 169 Å². The largest absolute Gasteiger partial charge is 0.299 e. The van der Waals surface area contributed by atoms with Gasteiger partial charge in [0.15, 0.2) is 0 Å². The average Bonchev–Trinajstić information content (AvgIpc) is 3.46. The van der Waals surface area contributed by atoms with Crippen LogP contribution in [-0.4, -0.2) is 68.3 Å². The molecule has 5 rings (SSSR count). The zero-order chi connectivity index (χ0) is 18.9. The highest BCUT2D eigenvalue weighted by Gasteiger charge is 2.28. The molecule has 28 heavy (non-hydrogen) atoms. The van der Waals surface area contributed by atoms with Gasteiger partial charge in [-0.25, -0.2) is 4.68 Å². The number of H-pyrrole nitrogens is 1. The van der Waals surface area contributed by atoms with E-state index in [2.05, 4.69) is 25.1 Å². The number of hydrogen-bond acceptors (Lipinski definition) is 6. The Morgan fingerprint density at radius 1 is 1.14 bits per heavy atom. The molecule has 0 aromatic carbocycles. The van der Waals surface area contributed by atoms with Crippen LogP contribution in [-0.2, 0) is 25.3 Å². The fourth-order valence-corrected chi connectivity index (χ4v) is 5.19. The van der Waals surface area contributed by atoms with Crippen LogP contribution in [0.4, 0.5) is 0 Å². The van der Waals surface area contributed by atoms with Gasteiger partial charge in [0.1, 0.15) is 0 Å². The molecule has 3 aliphatic rings. The minimum Gasteiger partial charge on any atom is -0.299 e. The molecule has 2 aromatic heterocycles. The fourth-order valence-electron chi connectivity index (χ4n) is 4.23. The third-order valence-corrected chi connectivity index (χ3v) is 7.14. The lowest BCUT2D eigenvalue weighted by Crippen LogP contribution is -2.47. The Hall–Kier alpha value is -1.64. The third kappa shape index (κ3) is 4.04. The molecule has 1 saturated carbocycles. The summed E-state index contributed by atoms with van der Waals surface area (Å²) in [4.78, 5) is 17.3. The minimum absolute atomic E-state index is 0.0486. The van der Waals surface area contributed by atoms with Crippen LogP contribution in [0, 0.1) is 0 Å². The van der Waals surface area contributed by atoms with E-state index in [9.17, 15) is 4.79 Å². The number of aryl methyl sites for hydroxylation is 1. The summed E-state index contributed by atoms with van der Waals surface area (Å²) in [5.41, 5.74) is 5.04. The second-order valence-electron chi connectivity index (χ2n) is 8.18. The highest BCUT2D eigenvalue weighted by atomic mass is 32.2. The summed E-state index contributed by atoms with van der Waals surface area (Å²) in [5, 5.41) is 12.1. The third-order valence-electron chi connectivity index (χ3n) is 6.13. The summed E-state index contributed by atoms with van der Waals surface area (Å²) in [5.74, 6) is 2.76. The van der Waals surface area contributed by atoms with Crippen molar-refractivity contribution < 1.29 is 0 Å². The van der Waals surface area contributed by atoms with Crippen LogP contribution in [0.3, 0.4) is 0 Å². The number of nitrogens with zero attached hydrogens (tertiary/aromatic N) is 5. The second kappa shape index (κ2) is 8.00. The quantitative estimate of drug-likeness (QED) is 0.792. The van der Waals surface area contributed by atoms with E-state index >= 15 is 0 Å². The molecule has 7 nitrogen and oxygen atoms in total. The van der Waals surface area contributed by atoms with Gasteiger partial charge >= 0.3 is 0 Å². The topological polar surface area (TPSA) is 70.1 Å². The summed E-state index contributed by atoms with van der Waals surface area (Å²) in [7, 11) is 0. The molecule has 150 valence electrons. The van der Waals surface area contributed by atoms with Crippen LogP contribution < -0.4 is 5.56 Å². The van der Waals surface area contributed by atoms with Crippen LogP contribution in [0.25, 0.3) is 0 Å². The molecular formula is C20H28N6OS. The second-order valence-corrected chi connectivity index (χ2v) is 9.29. The predicted molar refractivity (Wildman–Crippen MR) is 111 cm³/mol. The van der Waals surface area contributed by atoms with Gasteiger partial charge in [-0.3, -0.25) is 19.7 Å². The Balaban J connectivity index is 1.13. The van der Waals surface area contributed by atoms with Gasteiger partial charge in [0.2, 0.25) is 0 Å². The molecule has 0 bridgehead atoms. The van der Waals surface area contributed by atoms with E-state index in [1.807, 2.05) is 18.0 Å². The highest BCUT2D eigenvalue weighted by Crippen LogP contribution is 2.40. The lowest BCUT2D eigenvalue weighted by atomic mass is 10.1. The molecule has 0 amide bonds. The smallest absolute Gasteiger partial charge is 0.267 e. The van der Waals surface area contributed by atoms with Gasteiger partial charge in [-0.05, 0) is 24.2 Å². The van der Waals surface area contributed by atoms with E-state index in [0.29, 0.717) is 6.54 Å². The molecule has 2 aliphatic heterocycles. The standard InChI is InChI=1S/C20H28N6OS/c27-19-11-16-14-28-10-3-18(16)23-26(19)9-8-24-4-6-25(7-5-24)13-17-12-21-22-20(17)15-1-2-15/h11-12,15H,1-10,13-14H2,(H,21,22). The number of hydrogen-bond donors (Lipinski definition) is 1. The lowest BCUT2D eigenvalue weighted by molar-refractivity contribution is 0.122. The fraction of sp³-hybridized carbons (Fsp3) is 0.650. The van der Waals surface area contributed by atoms with Crippen molar-refractivity contribution >= 4 is 11.8 Å². The van der Waals surface area contributed by atoms with Crippen LogP contribution >= 0.6 is 11.8 Å². The van der Waals surface area contributed by atoms with E-state index in [4.69, 9.17) is 0 Å². The van der Waals surface area contributed by atoms with Gasteiger partial charge in [0.25, 0.3) is 5.56 Å². The van der Waals surface area contributed by atoms with Gasteiger partial charge in [0, 0.05) is 74.7 Å². The predicted octanol–water partition coefficient (Wildman–Crippen LogP) is 1.45. The Morgan fingerprint density at radius 3 is 2.79 bits per heavy atom. The molecule has 0 radical (unpaired) electrons. The van der Waals surface area contributed by atoms with Gasteiger partial charge in [0.05, 0.1) is 18.4 Å². The van der Waals surface area contributed by atoms with Crippen molar-refractivity contribution in [2.24, 2.45) is 0 Å². The lowest BCUT2D eigenvalue weighted by Gasteiger charge is -2.34. The molecule has 0 unspecified atom stereocenters. The van der Waals surface area contributed by atoms with Crippen molar-refractivity contribution in [3.8, 4) is 0 Å². The van der Waals surface area contributed by atoms with E-state index < -0.39 is 0 Å². The average molecular weight is 401 g/mol. The van der Waals surface area contributed by atoms with Crippen LogP contribution in [0.15, 0.2) is 17.1 Å². The van der Waals surface area contributed by atoms with Crippen molar-refractivity contribution in [3.05, 3.63) is 45.1 Å². The molecule has 1 aliphatic carbocycles. The van der Waals surface area contributed by atoms with Crippen molar-refractivity contribution in [3.63, 3.8) is 0 Å². The monoisotopic (exact) mass is 400 g/mol. The molecule has 0 spiro atoms. The maximum atomic E-state index is 12.3. The number of nitrogens with one attached hydrogen (secondary N) is 1. The first kappa shape index (κ1) is 18.4. The van der Waals surface area contributed by atoms with Crippen molar-refractivity contribution in [1.29, 1.82) is 0 Å². The SMILES string of the molecule is O=c1cc2c(nn1CCN1CCN(Cc3cn[nH]c3C3CC3)CC1)CCSC2. The van der Waals surface area contributed by atoms with Crippen molar-refractivity contribution in [2.75, 3.05) is 38.5 Å². The molecule has 2 fully saturated rings. The number of thioether (sulfide) groups is 1. The van der Waals surface area contributed by atoms with Gasteiger partial charge in [-0.2, -0.15) is 22.0 Å². The molecule has 4 heterocycles. The van der Waals surface area contributed by atoms with E-state index in [1.54, 1.807) is 10.7 Å². The van der Waals surface area contributed by atoms with E-state index in [0.717, 1.165) is 74.4 Å². The minimum atomic E-state index is 0.0486. The number of aromatic nitrogens is 4. The Bertz CT molecular complexity index is 881.